The van der Waals surface area contributed by atoms with Gasteiger partial charge in [-0.3, -0.25) is 4.79 Å². The zero-order valence-electron chi connectivity index (χ0n) is 11.6. The zero-order valence-corrected chi connectivity index (χ0v) is 12.4. The van der Waals surface area contributed by atoms with Gasteiger partial charge in [-0.05, 0) is 17.7 Å². The van der Waals surface area contributed by atoms with Crippen molar-refractivity contribution >= 4 is 15.7 Å². The minimum Gasteiger partial charge on any atom is -0.352 e. The average molecular weight is 308 g/mol. The van der Waals surface area contributed by atoms with Gasteiger partial charge in [0.25, 0.3) is 0 Å². The molecule has 2 aromatic rings. The number of hydrogen-bond donors (Lipinski definition) is 1. The first-order valence-corrected chi connectivity index (χ1v) is 8.38. The molecule has 21 heavy (non-hydrogen) atoms. The predicted octanol–water partition coefficient (Wildman–Crippen LogP) is 0.318. The van der Waals surface area contributed by atoms with Crippen molar-refractivity contribution in [3.8, 4) is 5.69 Å². The van der Waals surface area contributed by atoms with E-state index in [-0.39, 0.29) is 18.1 Å². The highest BCUT2D eigenvalue weighted by molar-refractivity contribution is 7.90. The Kier molecular flexibility index (Phi) is 4.69. The Bertz CT molecular complexity index is 694. The largest absolute Gasteiger partial charge is 0.352 e. The van der Waals surface area contributed by atoms with Crippen LogP contribution in [0.15, 0.2) is 36.9 Å². The lowest BCUT2D eigenvalue weighted by Gasteiger charge is -2.06. The lowest BCUT2D eigenvalue weighted by molar-refractivity contribution is -0.120. The first kappa shape index (κ1) is 15.2. The van der Waals surface area contributed by atoms with Gasteiger partial charge in [0.05, 0.1) is 11.4 Å². The monoisotopic (exact) mass is 308 g/mol. The normalized spacial score (nSPS) is 11.3. The van der Waals surface area contributed by atoms with Gasteiger partial charge in [-0.15, -0.1) is 0 Å². The van der Waals surface area contributed by atoms with E-state index in [1.54, 1.807) is 11.0 Å². The second kappa shape index (κ2) is 6.49. The van der Waals surface area contributed by atoms with E-state index in [1.165, 1.54) is 6.33 Å². The smallest absolute Gasteiger partial charge is 0.221 e. The van der Waals surface area contributed by atoms with Crippen LogP contribution in [0.5, 0.6) is 0 Å². The molecule has 0 aliphatic heterocycles. The van der Waals surface area contributed by atoms with Crippen molar-refractivity contribution in [2.75, 3.05) is 12.0 Å². The molecule has 0 saturated heterocycles. The van der Waals surface area contributed by atoms with Gasteiger partial charge in [0, 0.05) is 19.2 Å². The van der Waals surface area contributed by atoms with E-state index in [0.29, 0.717) is 6.54 Å². The maximum Gasteiger partial charge on any atom is 0.221 e. The van der Waals surface area contributed by atoms with Crippen LogP contribution >= 0.6 is 0 Å². The maximum absolute atomic E-state index is 11.5. The highest BCUT2D eigenvalue weighted by Gasteiger charge is 2.07. The average Bonchev–Trinajstić information content (AvgIpc) is 2.97. The summed E-state index contributed by atoms with van der Waals surface area (Å²) >= 11 is 0. The van der Waals surface area contributed by atoms with Crippen molar-refractivity contribution in [1.29, 1.82) is 0 Å². The molecule has 0 atom stereocenters. The van der Waals surface area contributed by atoms with E-state index in [0.717, 1.165) is 17.5 Å². The van der Waals surface area contributed by atoms with Crippen LogP contribution in [0, 0.1) is 0 Å². The molecule has 1 amide bonds. The Balaban J connectivity index is 1.85. The number of nitrogens with one attached hydrogen (secondary N) is 1. The molecule has 1 N–H and O–H groups in total. The summed E-state index contributed by atoms with van der Waals surface area (Å²) in [7, 11) is -3.11. The van der Waals surface area contributed by atoms with Crippen LogP contribution in [0.25, 0.3) is 5.69 Å². The molecule has 0 unspecified atom stereocenters. The Labute approximate surface area is 122 Å². The lowest BCUT2D eigenvalue weighted by atomic mass is 10.2. The van der Waals surface area contributed by atoms with E-state index in [4.69, 9.17) is 0 Å². The van der Waals surface area contributed by atoms with Crippen LogP contribution in [-0.2, 0) is 21.2 Å². The quantitative estimate of drug-likeness (QED) is 0.829. The summed E-state index contributed by atoms with van der Waals surface area (Å²) in [6.45, 7) is 0.361. The van der Waals surface area contributed by atoms with Crippen LogP contribution in [0.3, 0.4) is 0 Å². The highest BCUT2D eigenvalue weighted by atomic mass is 32.2. The molecule has 7 nitrogen and oxygen atoms in total. The van der Waals surface area contributed by atoms with E-state index in [2.05, 4.69) is 15.4 Å². The lowest BCUT2D eigenvalue weighted by Crippen LogP contribution is -2.24. The number of amides is 1. The molecule has 1 heterocycles. The van der Waals surface area contributed by atoms with Crippen LogP contribution in [0.4, 0.5) is 0 Å². The van der Waals surface area contributed by atoms with Gasteiger partial charge in [0.2, 0.25) is 5.91 Å². The van der Waals surface area contributed by atoms with E-state index >= 15 is 0 Å². The number of aromatic nitrogens is 3. The van der Waals surface area contributed by atoms with Crippen molar-refractivity contribution < 1.29 is 13.2 Å². The molecule has 0 bridgehead atoms. The van der Waals surface area contributed by atoms with Crippen LogP contribution < -0.4 is 5.32 Å². The van der Waals surface area contributed by atoms with Gasteiger partial charge >= 0.3 is 0 Å². The summed E-state index contributed by atoms with van der Waals surface area (Å²) in [5.41, 5.74) is 1.80. The van der Waals surface area contributed by atoms with Gasteiger partial charge in [-0.25, -0.2) is 18.1 Å². The summed E-state index contributed by atoms with van der Waals surface area (Å²) in [6.07, 6.45) is 4.15. The van der Waals surface area contributed by atoms with Crippen molar-refractivity contribution in [1.82, 2.24) is 20.1 Å². The number of nitrogens with zero attached hydrogens (tertiary/aromatic N) is 3. The van der Waals surface area contributed by atoms with Crippen molar-refractivity contribution in [2.45, 2.75) is 13.0 Å². The molecule has 2 rings (SSSR count). The zero-order chi connectivity index (χ0) is 15.3. The first-order chi connectivity index (χ1) is 9.94. The van der Waals surface area contributed by atoms with Crippen molar-refractivity contribution in [3.05, 3.63) is 42.5 Å². The predicted molar refractivity (Wildman–Crippen MR) is 77.5 cm³/mol. The number of sulfone groups is 1. The number of carbonyl (C=O) groups is 1. The molecule has 112 valence electrons. The third kappa shape index (κ3) is 4.99. The Hall–Kier alpha value is -2.22. The molecule has 1 aromatic heterocycles. The maximum atomic E-state index is 11.5. The highest BCUT2D eigenvalue weighted by Crippen LogP contribution is 2.07. The van der Waals surface area contributed by atoms with Gasteiger partial charge in [0.15, 0.2) is 0 Å². The van der Waals surface area contributed by atoms with E-state index in [9.17, 15) is 13.2 Å². The summed E-state index contributed by atoms with van der Waals surface area (Å²) in [6, 6.07) is 7.47. The first-order valence-electron chi connectivity index (χ1n) is 6.32. The summed E-state index contributed by atoms with van der Waals surface area (Å²) in [5.74, 6) is -0.412. The van der Waals surface area contributed by atoms with Crippen molar-refractivity contribution in [2.24, 2.45) is 0 Å². The fraction of sp³-hybridized carbons (Fsp3) is 0.308. The molecule has 0 radical (unpaired) electrons. The summed E-state index contributed by atoms with van der Waals surface area (Å²) < 4.78 is 23.6. The molecule has 1 aromatic carbocycles. The number of hydrogen-bond acceptors (Lipinski definition) is 5. The number of benzene rings is 1. The van der Waals surface area contributed by atoms with Crippen LogP contribution in [0.1, 0.15) is 12.0 Å². The second-order valence-electron chi connectivity index (χ2n) is 4.66. The Morgan fingerprint density at radius 2 is 2.00 bits per heavy atom. The summed E-state index contributed by atoms with van der Waals surface area (Å²) in [5, 5.41) is 6.70. The third-order valence-corrected chi connectivity index (χ3v) is 3.75. The summed E-state index contributed by atoms with van der Waals surface area (Å²) in [4.78, 5) is 15.4. The molecule has 0 aliphatic rings. The molecule has 0 aliphatic carbocycles. The second-order valence-corrected chi connectivity index (χ2v) is 6.92. The van der Waals surface area contributed by atoms with Gasteiger partial charge in [-0.2, -0.15) is 5.10 Å². The standard InChI is InChI=1S/C13H16N4O3S/c1-21(19,20)7-6-13(18)15-8-11-2-4-12(5-3-11)17-10-14-9-16-17/h2-5,9-10H,6-8H2,1H3,(H,15,18). The van der Waals surface area contributed by atoms with Gasteiger partial charge in [0.1, 0.15) is 22.5 Å². The van der Waals surface area contributed by atoms with Crippen molar-refractivity contribution in [3.63, 3.8) is 0 Å². The molecule has 8 heteroatoms. The van der Waals surface area contributed by atoms with Gasteiger partial charge in [-0.1, -0.05) is 12.1 Å². The number of rotatable bonds is 6. The van der Waals surface area contributed by atoms with E-state index in [1.807, 2.05) is 24.3 Å². The minimum absolute atomic E-state index is 0.0180. The third-order valence-electron chi connectivity index (χ3n) is 2.81. The van der Waals surface area contributed by atoms with Crippen LogP contribution in [0.2, 0.25) is 0 Å². The van der Waals surface area contributed by atoms with Gasteiger partial charge < -0.3 is 5.32 Å². The Morgan fingerprint density at radius 3 is 2.57 bits per heavy atom. The molecular weight excluding hydrogens is 292 g/mol. The fourth-order valence-electron chi connectivity index (χ4n) is 1.68. The molecule has 0 fully saturated rings. The fourth-order valence-corrected chi connectivity index (χ4v) is 2.23. The SMILES string of the molecule is CS(=O)(=O)CCC(=O)NCc1ccc(-n2cncn2)cc1. The number of carbonyl (C=O) groups excluding carboxylic acids is 1. The van der Waals surface area contributed by atoms with Crippen LogP contribution in [-0.4, -0.2) is 41.1 Å². The minimum atomic E-state index is -3.11. The molecular formula is C13H16N4O3S. The molecule has 0 spiro atoms. The Morgan fingerprint density at radius 1 is 1.29 bits per heavy atom. The topological polar surface area (TPSA) is 94.0 Å². The molecule has 0 saturated carbocycles. The van der Waals surface area contributed by atoms with E-state index < -0.39 is 9.84 Å².